The Morgan fingerprint density at radius 2 is 2.25 bits per heavy atom. The zero-order valence-corrected chi connectivity index (χ0v) is 7.72. The third kappa shape index (κ3) is 1.20. The molecule has 1 aliphatic rings. The van der Waals surface area contributed by atoms with E-state index in [9.17, 15) is 0 Å². The van der Waals surface area contributed by atoms with Gasteiger partial charge < -0.3 is 5.32 Å². The van der Waals surface area contributed by atoms with E-state index in [1.54, 1.807) is 0 Å². The van der Waals surface area contributed by atoms with Crippen molar-refractivity contribution < 1.29 is 0 Å². The van der Waals surface area contributed by atoms with Gasteiger partial charge >= 0.3 is 0 Å². The van der Waals surface area contributed by atoms with Crippen molar-refractivity contribution in [2.24, 2.45) is 0 Å². The van der Waals surface area contributed by atoms with Crippen LogP contribution in [0.1, 0.15) is 24.5 Å². The van der Waals surface area contributed by atoms with Crippen molar-refractivity contribution in [3.05, 3.63) is 29.3 Å². The average molecular weight is 161 g/mol. The highest BCUT2D eigenvalue weighted by molar-refractivity contribution is 5.56. The van der Waals surface area contributed by atoms with Gasteiger partial charge in [-0.1, -0.05) is 12.1 Å². The van der Waals surface area contributed by atoms with E-state index in [4.69, 9.17) is 0 Å². The lowest BCUT2D eigenvalue weighted by Crippen LogP contribution is -2.22. The Labute approximate surface area is 73.8 Å². The minimum atomic E-state index is 0.638. The third-order valence-corrected chi connectivity index (χ3v) is 2.64. The lowest BCUT2D eigenvalue weighted by atomic mass is 9.95. The Morgan fingerprint density at radius 1 is 1.42 bits per heavy atom. The molecule has 12 heavy (non-hydrogen) atoms. The van der Waals surface area contributed by atoms with Gasteiger partial charge in [-0.05, 0) is 43.9 Å². The van der Waals surface area contributed by atoms with Crippen LogP contribution in [0.15, 0.2) is 18.2 Å². The van der Waals surface area contributed by atoms with Crippen LogP contribution in [-0.4, -0.2) is 6.04 Å². The summed E-state index contributed by atoms with van der Waals surface area (Å²) in [5.41, 5.74) is 4.27. The van der Waals surface area contributed by atoms with Crippen LogP contribution in [-0.2, 0) is 6.42 Å². The van der Waals surface area contributed by atoms with E-state index < -0.39 is 0 Å². The van der Waals surface area contributed by atoms with Crippen molar-refractivity contribution in [1.29, 1.82) is 0 Å². The lowest BCUT2D eigenvalue weighted by molar-refractivity contribution is 0.678. The van der Waals surface area contributed by atoms with Crippen molar-refractivity contribution in [2.45, 2.75) is 32.7 Å². The molecule has 1 aromatic rings. The molecule has 0 saturated carbocycles. The van der Waals surface area contributed by atoms with E-state index in [-0.39, 0.29) is 0 Å². The largest absolute Gasteiger partial charge is 0.382 e. The van der Waals surface area contributed by atoms with Crippen LogP contribution in [0.5, 0.6) is 0 Å². The van der Waals surface area contributed by atoms with E-state index >= 15 is 0 Å². The predicted molar refractivity (Wildman–Crippen MR) is 52.6 cm³/mol. The first kappa shape index (κ1) is 7.66. The third-order valence-electron chi connectivity index (χ3n) is 2.64. The van der Waals surface area contributed by atoms with Gasteiger partial charge in [0.05, 0.1) is 0 Å². The molecule has 1 heteroatoms. The number of fused-ring (bicyclic) bond motifs is 1. The number of anilines is 1. The van der Waals surface area contributed by atoms with Crippen LogP contribution in [0.2, 0.25) is 0 Å². The van der Waals surface area contributed by atoms with E-state index in [0.29, 0.717) is 6.04 Å². The molecule has 0 aliphatic carbocycles. The number of hydrogen-bond acceptors (Lipinski definition) is 1. The fraction of sp³-hybridized carbons (Fsp3) is 0.455. The molecule has 0 aromatic heterocycles. The number of nitrogens with one attached hydrogen (secondary N) is 1. The quantitative estimate of drug-likeness (QED) is 0.617. The van der Waals surface area contributed by atoms with Gasteiger partial charge in [-0.3, -0.25) is 0 Å². The summed E-state index contributed by atoms with van der Waals surface area (Å²) in [6.45, 7) is 4.43. The second kappa shape index (κ2) is 2.81. The van der Waals surface area contributed by atoms with Crippen molar-refractivity contribution >= 4 is 5.69 Å². The first-order valence-electron chi connectivity index (χ1n) is 4.62. The summed E-state index contributed by atoms with van der Waals surface area (Å²) in [6, 6.07) is 7.13. The fourth-order valence-corrected chi connectivity index (χ4v) is 1.87. The molecule has 0 spiro atoms. The highest BCUT2D eigenvalue weighted by Gasteiger charge is 2.14. The van der Waals surface area contributed by atoms with Gasteiger partial charge in [0.2, 0.25) is 0 Å². The van der Waals surface area contributed by atoms with Crippen LogP contribution < -0.4 is 5.32 Å². The molecule has 2 rings (SSSR count). The maximum Gasteiger partial charge on any atom is 0.0377 e. The topological polar surface area (TPSA) is 12.0 Å². The van der Waals surface area contributed by atoms with Crippen molar-refractivity contribution in [3.63, 3.8) is 0 Å². The predicted octanol–water partition coefficient (Wildman–Crippen LogP) is 2.74. The van der Waals surface area contributed by atoms with Crippen LogP contribution in [0.25, 0.3) is 0 Å². The summed E-state index contributed by atoms with van der Waals surface area (Å²) in [6.07, 6.45) is 2.49. The maximum absolute atomic E-state index is 3.50. The second-order valence-corrected chi connectivity index (χ2v) is 3.69. The van der Waals surface area contributed by atoms with Crippen LogP contribution in [0, 0.1) is 6.92 Å². The maximum atomic E-state index is 3.50. The summed E-state index contributed by atoms with van der Waals surface area (Å²) in [4.78, 5) is 0. The Morgan fingerprint density at radius 3 is 3.08 bits per heavy atom. The van der Waals surface area contributed by atoms with Crippen LogP contribution in [0.3, 0.4) is 0 Å². The van der Waals surface area contributed by atoms with Crippen LogP contribution >= 0.6 is 0 Å². The molecule has 1 nitrogen and oxygen atoms in total. The zero-order chi connectivity index (χ0) is 8.55. The van der Waals surface area contributed by atoms with E-state index in [1.165, 1.54) is 29.7 Å². The number of aryl methyl sites for hydroxylation is 1. The van der Waals surface area contributed by atoms with Gasteiger partial charge in [0.1, 0.15) is 0 Å². The molecule has 64 valence electrons. The molecule has 0 radical (unpaired) electrons. The Balaban J connectivity index is 2.42. The highest BCUT2D eigenvalue weighted by atomic mass is 14.9. The molecule has 0 unspecified atom stereocenters. The molecular weight excluding hydrogens is 146 g/mol. The molecular formula is C11H15N. The monoisotopic (exact) mass is 161 g/mol. The summed E-state index contributed by atoms with van der Waals surface area (Å²) in [5.74, 6) is 0. The van der Waals surface area contributed by atoms with E-state index in [0.717, 1.165) is 0 Å². The van der Waals surface area contributed by atoms with Gasteiger partial charge in [-0.15, -0.1) is 0 Å². The molecule has 0 amide bonds. The summed E-state index contributed by atoms with van der Waals surface area (Å²) in [5, 5.41) is 3.50. The molecule has 0 fully saturated rings. The van der Waals surface area contributed by atoms with Crippen molar-refractivity contribution in [2.75, 3.05) is 5.32 Å². The standard InChI is InChI=1S/C11H15N/c1-8-4-3-5-11-10(8)7-6-9(2)12-11/h3-5,9,12H,6-7H2,1-2H3/t9-/m1/s1. The molecule has 1 aliphatic heterocycles. The molecule has 0 bridgehead atoms. The summed E-state index contributed by atoms with van der Waals surface area (Å²) < 4.78 is 0. The van der Waals surface area contributed by atoms with Gasteiger partial charge in [0, 0.05) is 11.7 Å². The smallest absolute Gasteiger partial charge is 0.0377 e. The second-order valence-electron chi connectivity index (χ2n) is 3.69. The van der Waals surface area contributed by atoms with Gasteiger partial charge in [-0.25, -0.2) is 0 Å². The first-order valence-corrected chi connectivity index (χ1v) is 4.62. The normalized spacial score (nSPS) is 21.3. The van der Waals surface area contributed by atoms with Crippen molar-refractivity contribution in [1.82, 2.24) is 0 Å². The number of rotatable bonds is 0. The van der Waals surface area contributed by atoms with E-state index in [2.05, 4.69) is 37.4 Å². The van der Waals surface area contributed by atoms with Crippen molar-refractivity contribution in [3.8, 4) is 0 Å². The Kier molecular flexibility index (Phi) is 1.80. The average Bonchev–Trinajstić information content (AvgIpc) is 2.04. The number of hydrogen-bond donors (Lipinski definition) is 1. The van der Waals surface area contributed by atoms with E-state index in [1.807, 2.05) is 0 Å². The SMILES string of the molecule is Cc1cccc2c1CC[C@@H](C)N2. The summed E-state index contributed by atoms with van der Waals surface area (Å²) >= 11 is 0. The molecule has 1 aromatic carbocycles. The van der Waals surface area contributed by atoms with Crippen LogP contribution in [0.4, 0.5) is 5.69 Å². The summed E-state index contributed by atoms with van der Waals surface area (Å²) in [7, 11) is 0. The molecule has 1 N–H and O–H groups in total. The minimum absolute atomic E-state index is 0.638. The number of benzene rings is 1. The minimum Gasteiger partial charge on any atom is -0.382 e. The van der Waals surface area contributed by atoms with Gasteiger partial charge in [-0.2, -0.15) is 0 Å². The molecule has 1 heterocycles. The zero-order valence-electron chi connectivity index (χ0n) is 7.72. The first-order chi connectivity index (χ1) is 5.77. The Hall–Kier alpha value is -0.980. The van der Waals surface area contributed by atoms with Gasteiger partial charge in [0.25, 0.3) is 0 Å². The highest BCUT2D eigenvalue weighted by Crippen LogP contribution is 2.26. The van der Waals surface area contributed by atoms with Gasteiger partial charge in [0.15, 0.2) is 0 Å². The Bertz CT molecular complexity index is 291. The molecule has 0 saturated heterocycles. The fourth-order valence-electron chi connectivity index (χ4n) is 1.87. The lowest BCUT2D eigenvalue weighted by Gasteiger charge is -2.25. The molecule has 1 atom stereocenters.